The zero-order chi connectivity index (χ0) is 26.4. The van der Waals surface area contributed by atoms with Crippen LogP contribution in [0.25, 0.3) is 0 Å². The Morgan fingerprint density at radius 1 is 1.14 bits per heavy atom. The molecule has 37 heavy (non-hydrogen) atoms. The fraction of sp³-hybridized carbons (Fsp3) is 0.464. The first-order valence-corrected chi connectivity index (χ1v) is 13.1. The molecule has 3 aliphatic heterocycles. The summed E-state index contributed by atoms with van der Waals surface area (Å²) in [6, 6.07) is 14.7. The Bertz CT molecular complexity index is 1210. The lowest BCUT2D eigenvalue weighted by Gasteiger charge is -2.37. The number of benzene rings is 2. The van der Waals surface area contributed by atoms with Gasteiger partial charge in [0.1, 0.15) is 11.6 Å². The van der Waals surface area contributed by atoms with Gasteiger partial charge in [-0.2, -0.15) is 0 Å². The van der Waals surface area contributed by atoms with Crippen LogP contribution in [-0.4, -0.2) is 64.7 Å². The molecule has 2 aromatic carbocycles. The first-order chi connectivity index (χ1) is 17.8. The van der Waals surface area contributed by atoms with E-state index >= 15 is 0 Å². The van der Waals surface area contributed by atoms with Crippen molar-refractivity contribution in [3.8, 4) is 0 Å². The smallest absolute Gasteiger partial charge is 0.250 e. The van der Waals surface area contributed by atoms with Crippen molar-refractivity contribution in [2.75, 3.05) is 19.0 Å². The van der Waals surface area contributed by atoms with Gasteiger partial charge in [0.2, 0.25) is 17.7 Å². The van der Waals surface area contributed by atoms with Crippen LogP contribution in [0.5, 0.6) is 0 Å². The molecular weight excluding hydrogens is 494 g/mol. The van der Waals surface area contributed by atoms with E-state index in [9.17, 15) is 19.5 Å². The Balaban J connectivity index is 1.59. The summed E-state index contributed by atoms with van der Waals surface area (Å²) in [6.07, 6.45) is 1.93. The Morgan fingerprint density at radius 3 is 2.49 bits per heavy atom. The molecule has 3 amide bonds. The van der Waals surface area contributed by atoms with Crippen molar-refractivity contribution in [2.45, 2.75) is 55.9 Å². The summed E-state index contributed by atoms with van der Waals surface area (Å²) >= 11 is 6.33. The van der Waals surface area contributed by atoms with Crippen molar-refractivity contribution in [3.63, 3.8) is 0 Å². The van der Waals surface area contributed by atoms with Gasteiger partial charge in [-0.05, 0) is 43.4 Å². The Kier molecular flexibility index (Phi) is 6.77. The van der Waals surface area contributed by atoms with Crippen LogP contribution < -0.4 is 10.6 Å². The van der Waals surface area contributed by atoms with E-state index in [0.29, 0.717) is 36.4 Å². The Labute approximate surface area is 221 Å². The normalized spacial score (nSPS) is 30.8. The number of hydrogen-bond donors (Lipinski definition) is 3. The van der Waals surface area contributed by atoms with Gasteiger partial charge in [-0.1, -0.05) is 61.0 Å². The van der Waals surface area contributed by atoms with Crippen LogP contribution in [0.3, 0.4) is 0 Å². The molecule has 6 atom stereocenters. The number of aliphatic hydroxyl groups is 1. The average Bonchev–Trinajstić information content (AvgIpc) is 3.52. The maximum atomic E-state index is 14.2. The van der Waals surface area contributed by atoms with Gasteiger partial charge in [0.15, 0.2) is 0 Å². The molecular formula is C28H32ClN3O5. The second kappa shape index (κ2) is 9.74. The highest BCUT2D eigenvalue weighted by atomic mass is 35.5. The van der Waals surface area contributed by atoms with Gasteiger partial charge in [0, 0.05) is 7.05 Å². The van der Waals surface area contributed by atoms with Gasteiger partial charge in [-0.25, -0.2) is 0 Å². The molecule has 0 aromatic heterocycles. The van der Waals surface area contributed by atoms with E-state index in [0.717, 1.165) is 5.56 Å². The van der Waals surface area contributed by atoms with Crippen LogP contribution in [0.1, 0.15) is 31.7 Å². The van der Waals surface area contributed by atoms with Gasteiger partial charge >= 0.3 is 0 Å². The number of carbonyl (C=O) groups is 3. The second-order valence-electron chi connectivity index (χ2n) is 10.2. The van der Waals surface area contributed by atoms with E-state index in [-0.39, 0.29) is 18.4 Å². The van der Waals surface area contributed by atoms with Crippen LogP contribution in [0.2, 0.25) is 5.02 Å². The lowest BCUT2D eigenvalue weighted by Crippen LogP contribution is -2.57. The van der Waals surface area contributed by atoms with E-state index < -0.39 is 41.0 Å². The Morgan fingerprint density at radius 2 is 1.84 bits per heavy atom. The number of nitrogens with one attached hydrogen (secondary N) is 2. The van der Waals surface area contributed by atoms with Gasteiger partial charge in [0.05, 0.1) is 40.8 Å². The number of fused-ring (bicyclic) bond motifs is 1. The SMILES string of the molecule is CC[C@]12CCC3(O1)C(C(=O)Nc1ccccc1Cl)N([C@@H](CO)Cc1ccccc1)C(=O)[C@@H]3[C@H]2C(=O)NC. The van der Waals surface area contributed by atoms with Crippen LogP contribution in [0.4, 0.5) is 5.69 Å². The van der Waals surface area contributed by atoms with Crippen molar-refractivity contribution in [1.82, 2.24) is 10.2 Å². The van der Waals surface area contributed by atoms with E-state index in [1.165, 1.54) is 4.90 Å². The molecule has 3 saturated heterocycles. The standard InChI is InChI=1S/C28H32ClN3O5/c1-3-27-13-14-28(37-27)22(21(27)24(34)30-2)26(36)32(18(16-33)15-17-9-5-4-6-10-17)23(28)25(35)31-20-12-8-7-11-19(20)29/h4-12,18,21-23,33H,3,13-16H2,1-2H3,(H,30,34)(H,31,35)/t18-,21+,22+,23?,27-,28?/m1/s1. The summed E-state index contributed by atoms with van der Waals surface area (Å²) in [6.45, 7) is 1.60. The Hall–Kier alpha value is -2.94. The van der Waals surface area contributed by atoms with E-state index in [2.05, 4.69) is 10.6 Å². The van der Waals surface area contributed by atoms with E-state index in [4.69, 9.17) is 16.3 Å². The third kappa shape index (κ3) is 3.93. The van der Waals surface area contributed by atoms with Crippen LogP contribution in [0.15, 0.2) is 54.6 Å². The number of aliphatic hydroxyl groups excluding tert-OH is 1. The number of anilines is 1. The molecule has 196 valence electrons. The minimum Gasteiger partial charge on any atom is -0.394 e. The van der Waals surface area contributed by atoms with Crippen LogP contribution in [-0.2, 0) is 25.5 Å². The molecule has 0 radical (unpaired) electrons. The minimum atomic E-state index is -1.18. The summed E-state index contributed by atoms with van der Waals surface area (Å²) in [5, 5.41) is 16.5. The van der Waals surface area contributed by atoms with E-state index in [1.807, 2.05) is 37.3 Å². The predicted octanol–water partition coefficient (Wildman–Crippen LogP) is 2.78. The average molecular weight is 526 g/mol. The molecule has 2 unspecified atom stereocenters. The number of likely N-dealkylation sites (tertiary alicyclic amines) is 1. The highest BCUT2D eigenvalue weighted by Gasteiger charge is 2.79. The van der Waals surface area contributed by atoms with Gasteiger partial charge in [-0.3, -0.25) is 14.4 Å². The first-order valence-electron chi connectivity index (χ1n) is 12.8. The molecule has 9 heteroatoms. The molecule has 3 N–H and O–H groups in total. The lowest BCUT2D eigenvalue weighted by atomic mass is 9.65. The predicted molar refractivity (Wildman–Crippen MR) is 139 cm³/mol. The summed E-state index contributed by atoms with van der Waals surface area (Å²) in [7, 11) is 1.55. The number of ether oxygens (including phenoxy) is 1. The van der Waals surface area contributed by atoms with Crippen molar-refractivity contribution in [3.05, 3.63) is 65.2 Å². The second-order valence-corrected chi connectivity index (χ2v) is 10.6. The largest absolute Gasteiger partial charge is 0.394 e. The molecule has 3 aliphatic rings. The maximum absolute atomic E-state index is 14.2. The monoisotopic (exact) mass is 525 g/mol. The molecule has 2 bridgehead atoms. The number of nitrogens with zero attached hydrogens (tertiary/aromatic N) is 1. The topological polar surface area (TPSA) is 108 Å². The van der Waals surface area contributed by atoms with Gasteiger partial charge in [0.25, 0.3) is 0 Å². The molecule has 8 nitrogen and oxygen atoms in total. The fourth-order valence-corrected chi connectivity index (χ4v) is 6.99. The summed E-state index contributed by atoms with van der Waals surface area (Å²) in [4.78, 5) is 42.9. The number of amides is 3. The van der Waals surface area contributed by atoms with Crippen LogP contribution in [0, 0.1) is 11.8 Å². The highest BCUT2D eigenvalue weighted by Crippen LogP contribution is 2.64. The maximum Gasteiger partial charge on any atom is 0.250 e. The van der Waals surface area contributed by atoms with Gasteiger partial charge in [-0.15, -0.1) is 0 Å². The zero-order valence-corrected chi connectivity index (χ0v) is 21.7. The summed E-state index contributed by atoms with van der Waals surface area (Å²) < 4.78 is 6.70. The number of hydrogen-bond acceptors (Lipinski definition) is 5. The fourth-order valence-electron chi connectivity index (χ4n) is 6.80. The molecule has 0 aliphatic carbocycles. The number of halogens is 1. The van der Waals surface area contributed by atoms with Crippen LogP contribution >= 0.6 is 11.6 Å². The van der Waals surface area contributed by atoms with Crippen molar-refractivity contribution < 1.29 is 24.2 Å². The quantitative estimate of drug-likeness (QED) is 0.491. The van der Waals surface area contributed by atoms with Crippen molar-refractivity contribution in [1.29, 1.82) is 0 Å². The third-order valence-corrected chi connectivity index (χ3v) is 8.78. The molecule has 3 heterocycles. The number of rotatable bonds is 8. The summed E-state index contributed by atoms with van der Waals surface area (Å²) in [5.74, 6) is -2.59. The summed E-state index contributed by atoms with van der Waals surface area (Å²) in [5.41, 5.74) is -0.651. The molecule has 2 aromatic rings. The van der Waals surface area contributed by atoms with Crippen molar-refractivity contribution >= 4 is 35.0 Å². The molecule has 1 spiro atoms. The molecule has 0 saturated carbocycles. The first kappa shape index (κ1) is 25.7. The highest BCUT2D eigenvalue weighted by molar-refractivity contribution is 6.33. The lowest BCUT2D eigenvalue weighted by molar-refractivity contribution is -0.149. The van der Waals surface area contributed by atoms with Crippen molar-refractivity contribution in [2.24, 2.45) is 11.8 Å². The minimum absolute atomic E-state index is 0.266. The zero-order valence-electron chi connectivity index (χ0n) is 20.9. The van der Waals surface area contributed by atoms with E-state index in [1.54, 1.807) is 31.3 Å². The molecule has 5 rings (SSSR count). The van der Waals surface area contributed by atoms with Gasteiger partial charge < -0.3 is 25.4 Å². The number of carbonyl (C=O) groups excluding carboxylic acids is 3. The number of para-hydroxylation sites is 1. The third-order valence-electron chi connectivity index (χ3n) is 8.45. The molecule has 3 fully saturated rings.